The van der Waals surface area contributed by atoms with Crippen LogP contribution in [0.15, 0.2) is 0 Å². The van der Waals surface area contributed by atoms with Crippen LogP contribution in [-0.2, 0) is 0 Å². The van der Waals surface area contributed by atoms with Crippen LogP contribution < -0.4 is 5.32 Å². The Hall–Kier alpha value is -0.120. The van der Waals surface area contributed by atoms with Gasteiger partial charge in [-0.25, -0.2) is 0 Å². The average Bonchev–Trinajstić information content (AvgIpc) is 2.27. The van der Waals surface area contributed by atoms with E-state index in [0.29, 0.717) is 6.04 Å². The van der Waals surface area contributed by atoms with Gasteiger partial charge in [0.15, 0.2) is 0 Å². The molecule has 0 saturated carbocycles. The number of aliphatic hydroxyl groups is 1. The zero-order valence-electron chi connectivity index (χ0n) is 11.1. The Kier molecular flexibility index (Phi) is 6.32. The Morgan fingerprint density at radius 3 is 2.56 bits per heavy atom. The Balaban J connectivity index is 2.16. The first-order valence-corrected chi connectivity index (χ1v) is 6.73. The van der Waals surface area contributed by atoms with Crippen LogP contribution in [0.25, 0.3) is 0 Å². The highest BCUT2D eigenvalue weighted by Crippen LogP contribution is 2.19. The third kappa shape index (κ3) is 4.81. The van der Waals surface area contributed by atoms with E-state index in [1.54, 1.807) is 0 Å². The van der Waals surface area contributed by atoms with Gasteiger partial charge in [0.25, 0.3) is 0 Å². The third-order valence-electron chi connectivity index (χ3n) is 3.77. The van der Waals surface area contributed by atoms with Gasteiger partial charge >= 0.3 is 0 Å². The molecular formula is C13H28N2O. The Morgan fingerprint density at radius 2 is 2.00 bits per heavy atom. The third-order valence-corrected chi connectivity index (χ3v) is 3.77. The molecule has 3 heteroatoms. The van der Waals surface area contributed by atoms with Crippen LogP contribution in [0.4, 0.5) is 0 Å². The lowest BCUT2D eigenvalue weighted by molar-refractivity contribution is 0.141. The smallest absolute Gasteiger partial charge is 0.0664 e. The van der Waals surface area contributed by atoms with Gasteiger partial charge < -0.3 is 15.3 Å². The maximum absolute atomic E-state index is 9.67. The standard InChI is InChI=1S/C13H28N2O/c1-4-5-13(16)10-14-11(2)12-6-8-15(3)9-7-12/h11-14,16H,4-10H2,1-3H3. The van der Waals surface area contributed by atoms with E-state index >= 15 is 0 Å². The summed E-state index contributed by atoms with van der Waals surface area (Å²) in [4.78, 5) is 2.40. The largest absolute Gasteiger partial charge is 0.392 e. The predicted molar refractivity (Wildman–Crippen MR) is 68.6 cm³/mol. The number of piperidine rings is 1. The lowest BCUT2D eigenvalue weighted by Crippen LogP contribution is -2.43. The summed E-state index contributed by atoms with van der Waals surface area (Å²) in [7, 11) is 2.19. The second-order valence-corrected chi connectivity index (χ2v) is 5.28. The van der Waals surface area contributed by atoms with Crippen molar-refractivity contribution in [2.75, 3.05) is 26.7 Å². The maximum Gasteiger partial charge on any atom is 0.0664 e. The molecule has 1 fully saturated rings. The van der Waals surface area contributed by atoms with Crippen molar-refractivity contribution in [2.45, 2.75) is 51.7 Å². The molecule has 2 N–H and O–H groups in total. The SMILES string of the molecule is CCCC(O)CNC(C)C1CCN(C)CC1. The van der Waals surface area contributed by atoms with Crippen molar-refractivity contribution in [1.29, 1.82) is 0 Å². The fraction of sp³-hybridized carbons (Fsp3) is 1.00. The van der Waals surface area contributed by atoms with E-state index in [4.69, 9.17) is 0 Å². The van der Waals surface area contributed by atoms with Crippen LogP contribution in [0.5, 0.6) is 0 Å². The second-order valence-electron chi connectivity index (χ2n) is 5.28. The Morgan fingerprint density at radius 1 is 1.38 bits per heavy atom. The van der Waals surface area contributed by atoms with Gasteiger partial charge in [-0.3, -0.25) is 0 Å². The first-order chi connectivity index (χ1) is 7.63. The molecule has 16 heavy (non-hydrogen) atoms. The number of likely N-dealkylation sites (tertiary alicyclic amines) is 1. The molecule has 2 unspecified atom stereocenters. The highest BCUT2D eigenvalue weighted by molar-refractivity contribution is 4.79. The van der Waals surface area contributed by atoms with Gasteiger partial charge in [-0.15, -0.1) is 0 Å². The van der Waals surface area contributed by atoms with Crippen LogP contribution in [0.2, 0.25) is 0 Å². The van der Waals surface area contributed by atoms with Crippen molar-refractivity contribution >= 4 is 0 Å². The van der Waals surface area contributed by atoms with Gasteiger partial charge in [0.05, 0.1) is 6.10 Å². The van der Waals surface area contributed by atoms with Crippen LogP contribution in [0.3, 0.4) is 0 Å². The molecule has 2 atom stereocenters. The first-order valence-electron chi connectivity index (χ1n) is 6.73. The van der Waals surface area contributed by atoms with Crippen molar-refractivity contribution in [3.8, 4) is 0 Å². The average molecular weight is 228 g/mol. The Bertz CT molecular complexity index is 179. The Labute approximate surface area is 100 Å². The monoisotopic (exact) mass is 228 g/mol. The quantitative estimate of drug-likeness (QED) is 0.722. The summed E-state index contributed by atoms with van der Waals surface area (Å²) >= 11 is 0. The summed E-state index contributed by atoms with van der Waals surface area (Å²) in [5.74, 6) is 0.782. The minimum atomic E-state index is -0.168. The summed E-state index contributed by atoms with van der Waals surface area (Å²) in [5.41, 5.74) is 0. The molecule has 1 heterocycles. The molecule has 0 radical (unpaired) electrons. The lowest BCUT2D eigenvalue weighted by Gasteiger charge is -2.33. The molecule has 1 aliphatic rings. The number of hydrogen-bond acceptors (Lipinski definition) is 3. The van der Waals surface area contributed by atoms with E-state index in [0.717, 1.165) is 25.3 Å². The molecule has 0 aliphatic carbocycles. The van der Waals surface area contributed by atoms with E-state index in [1.807, 2.05) is 0 Å². The molecule has 1 rings (SSSR count). The molecule has 0 amide bonds. The van der Waals surface area contributed by atoms with E-state index in [9.17, 15) is 5.11 Å². The predicted octanol–water partition coefficient (Wildman–Crippen LogP) is 1.47. The second kappa shape index (κ2) is 7.25. The highest BCUT2D eigenvalue weighted by atomic mass is 16.3. The fourth-order valence-corrected chi connectivity index (χ4v) is 2.45. The molecule has 0 aromatic carbocycles. The van der Waals surface area contributed by atoms with Gasteiger partial charge in [0, 0.05) is 12.6 Å². The number of rotatable bonds is 6. The van der Waals surface area contributed by atoms with E-state index < -0.39 is 0 Å². The molecule has 3 nitrogen and oxygen atoms in total. The van der Waals surface area contributed by atoms with Crippen LogP contribution in [0, 0.1) is 5.92 Å². The summed E-state index contributed by atoms with van der Waals surface area (Å²) in [6.45, 7) is 7.56. The normalized spacial score (nSPS) is 23.2. The first kappa shape index (κ1) is 13.9. The molecule has 0 aromatic heterocycles. The van der Waals surface area contributed by atoms with Crippen molar-refractivity contribution < 1.29 is 5.11 Å². The van der Waals surface area contributed by atoms with Gasteiger partial charge in [0.2, 0.25) is 0 Å². The molecule has 96 valence electrons. The van der Waals surface area contributed by atoms with Crippen LogP contribution in [0.1, 0.15) is 39.5 Å². The van der Waals surface area contributed by atoms with E-state index in [1.165, 1.54) is 25.9 Å². The number of aliphatic hydroxyl groups excluding tert-OH is 1. The van der Waals surface area contributed by atoms with Gasteiger partial charge in [-0.05, 0) is 52.2 Å². The van der Waals surface area contributed by atoms with Crippen LogP contribution in [-0.4, -0.2) is 48.8 Å². The highest BCUT2D eigenvalue weighted by Gasteiger charge is 2.22. The topological polar surface area (TPSA) is 35.5 Å². The summed E-state index contributed by atoms with van der Waals surface area (Å²) in [5, 5.41) is 13.2. The number of nitrogens with one attached hydrogen (secondary N) is 1. The zero-order valence-corrected chi connectivity index (χ0v) is 11.1. The minimum absolute atomic E-state index is 0.168. The number of hydrogen-bond donors (Lipinski definition) is 2. The summed E-state index contributed by atoms with van der Waals surface area (Å²) < 4.78 is 0. The molecule has 0 spiro atoms. The molecule has 1 aliphatic heterocycles. The van der Waals surface area contributed by atoms with E-state index in [-0.39, 0.29) is 6.10 Å². The number of nitrogens with zero attached hydrogens (tertiary/aromatic N) is 1. The van der Waals surface area contributed by atoms with Crippen molar-refractivity contribution in [1.82, 2.24) is 10.2 Å². The van der Waals surface area contributed by atoms with Crippen molar-refractivity contribution in [2.24, 2.45) is 5.92 Å². The maximum atomic E-state index is 9.67. The summed E-state index contributed by atoms with van der Waals surface area (Å²) in [6.07, 6.45) is 4.38. The molecular weight excluding hydrogens is 200 g/mol. The van der Waals surface area contributed by atoms with Gasteiger partial charge in [0.1, 0.15) is 0 Å². The molecule has 0 bridgehead atoms. The molecule has 0 aromatic rings. The van der Waals surface area contributed by atoms with Crippen LogP contribution >= 0.6 is 0 Å². The van der Waals surface area contributed by atoms with Gasteiger partial charge in [-0.2, -0.15) is 0 Å². The minimum Gasteiger partial charge on any atom is -0.392 e. The van der Waals surface area contributed by atoms with E-state index in [2.05, 4.69) is 31.1 Å². The lowest BCUT2D eigenvalue weighted by atomic mass is 9.90. The van der Waals surface area contributed by atoms with Crippen molar-refractivity contribution in [3.63, 3.8) is 0 Å². The summed E-state index contributed by atoms with van der Waals surface area (Å²) in [6, 6.07) is 0.542. The zero-order chi connectivity index (χ0) is 12.0. The van der Waals surface area contributed by atoms with Gasteiger partial charge in [-0.1, -0.05) is 13.3 Å². The van der Waals surface area contributed by atoms with Crippen molar-refractivity contribution in [3.05, 3.63) is 0 Å². The molecule has 1 saturated heterocycles. The fourth-order valence-electron chi connectivity index (χ4n) is 2.45.